The van der Waals surface area contributed by atoms with Crippen LogP contribution in [0.25, 0.3) is 0 Å². The summed E-state index contributed by atoms with van der Waals surface area (Å²) in [7, 11) is 0. The van der Waals surface area contributed by atoms with Crippen molar-refractivity contribution in [2.45, 2.75) is 26.2 Å². The second-order valence-electron chi connectivity index (χ2n) is 5.40. The predicted molar refractivity (Wildman–Crippen MR) is 78.6 cm³/mol. The van der Waals surface area contributed by atoms with Gasteiger partial charge in [0.15, 0.2) is 5.96 Å². The molecule has 0 atom stereocenters. The number of guanidine groups is 1. The number of nitrogens with zero attached hydrogens (tertiary/aromatic N) is 2. The summed E-state index contributed by atoms with van der Waals surface area (Å²) in [5.74, 6) is 1.83. The largest absolute Gasteiger partial charge is 0.379 e. The molecule has 5 nitrogen and oxygen atoms in total. The Kier molecular flexibility index (Phi) is 6.44. The maximum absolute atomic E-state index is 5.35. The molecule has 110 valence electrons. The van der Waals surface area contributed by atoms with Crippen molar-refractivity contribution in [2.75, 3.05) is 52.5 Å². The van der Waals surface area contributed by atoms with Gasteiger partial charge >= 0.3 is 0 Å². The van der Waals surface area contributed by atoms with E-state index in [2.05, 4.69) is 27.4 Å². The first kappa shape index (κ1) is 14.6. The Morgan fingerprint density at radius 1 is 1.26 bits per heavy atom. The van der Waals surface area contributed by atoms with E-state index in [-0.39, 0.29) is 0 Å². The summed E-state index contributed by atoms with van der Waals surface area (Å²) in [5, 5.41) is 6.73. The van der Waals surface area contributed by atoms with Gasteiger partial charge in [0.25, 0.3) is 0 Å². The number of ether oxygens (including phenoxy) is 1. The fourth-order valence-corrected chi connectivity index (χ4v) is 2.20. The van der Waals surface area contributed by atoms with E-state index in [4.69, 9.17) is 4.74 Å². The van der Waals surface area contributed by atoms with E-state index >= 15 is 0 Å². The van der Waals surface area contributed by atoms with Gasteiger partial charge in [-0.15, -0.1) is 0 Å². The van der Waals surface area contributed by atoms with Crippen molar-refractivity contribution in [2.24, 2.45) is 10.9 Å². The number of hydrogen-bond acceptors (Lipinski definition) is 3. The number of hydrogen-bond donors (Lipinski definition) is 2. The van der Waals surface area contributed by atoms with Gasteiger partial charge in [-0.2, -0.15) is 0 Å². The van der Waals surface area contributed by atoms with Crippen molar-refractivity contribution in [1.82, 2.24) is 15.5 Å². The van der Waals surface area contributed by atoms with Crippen molar-refractivity contribution in [3.8, 4) is 0 Å². The Balaban J connectivity index is 1.56. The summed E-state index contributed by atoms with van der Waals surface area (Å²) in [6.07, 6.45) is 3.88. The van der Waals surface area contributed by atoms with Crippen LogP contribution in [0.1, 0.15) is 26.2 Å². The predicted octanol–water partition coefficient (Wildman–Crippen LogP) is 0.674. The average Bonchev–Trinajstić information content (AvgIpc) is 3.26. The van der Waals surface area contributed by atoms with Crippen LogP contribution in [0.3, 0.4) is 0 Å². The normalized spacial score (nSPS) is 21.4. The number of morpholine rings is 1. The van der Waals surface area contributed by atoms with Crippen molar-refractivity contribution in [3.05, 3.63) is 0 Å². The van der Waals surface area contributed by atoms with Gasteiger partial charge in [0, 0.05) is 32.7 Å². The van der Waals surface area contributed by atoms with Crippen molar-refractivity contribution < 1.29 is 4.74 Å². The summed E-state index contributed by atoms with van der Waals surface area (Å²) in [5.41, 5.74) is 0. The summed E-state index contributed by atoms with van der Waals surface area (Å²) >= 11 is 0. The minimum atomic E-state index is 0.851. The molecule has 2 aliphatic rings. The van der Waals surface area contributed by atoms with Crippen LogP contribution in [0.5, 0.6) is 0 Å². The number of rotatable bonds is 7. The monoisotopic (exact) mass is 268 g/mol. The van der Waals surface area contributed by atoms with Crippen LogP contribution in [0.2, 0.25) is 0 Å². The van der Waals surface area contributed by atoms with Crippen LogP contribution in [0.15, 0.2) is 4.99 Å². The molecule has 0 radical (unpaired) electrons. The second kappa shape index (κ2) is 8.38. The Hall–Kier alpha value is -0.810. The number of aliphatic imine (C=N–C) groups is 1. The molecule has 0 bridgehead atoms. The van der Waals surface area contributed by atoms with Crippen molar-refractivity contribution >= 4 is 5.96 Å². The highest BCUT2D eigenvalue weighted by molar-refractivity contribution is 5.79. The first-order chi connectivity index (χ1) is 9.38. The summed E-state index contributed by atoms with van der Waals surface area (Å²) in [6, 6.07) is 0. The topological polar surface area (TPSA) is 48.9 Å². The molecule has 2 rings (SSSR count). The Labute approximate surface area is 116 Å². The van der Waals surface area contributed by atoms with Gasteiger partial charge in [-0.05, 0) is 38.6 Å². The molecule has 1 saturated heterocycles. The van der Waals surface area contributed by atoms with Crippen LogP contribution in [0, 0.1) is 5.92 Å². The second-order valence-corrected chi connectivity index (χ2v) is 5.40. The van der Waals surface area contributed by atoms with Crippen LogP contribution in [-0.2, 0) is 4.74 Å². The minimum Gasteiger partial charge on any atom is -0.379 e. The molecule has 0 amide bonds. The lowest BCUT2D eigenvalue weighted by Crippen LogP contribution is -2.40. The molecule has 1 aliphatic carbocycles. The quantitative estimate of drug-likeness (QED) is 0.405. The van der Waals surface area contributed by atoms with Gasteiger partial charge < -0.3 is 15.4 Å². The Morgan fingerprint density at radius 3 is 2.74 bits per heavy atom. The van der Waals surface area contributed by atoms with Crippen LogP contribution < -0.4 is 10.6 Å². The molecule has 0 aromatic heterocycles. The summed E-state index contributed by atoms with van der Waals surface area (Å²) < 4.78 is 5.35. The highest BCUT2D eigenvalue weighted by Crippen LogP contribution is 2.28. The Bertz CT molecular complexity index is 273. The maximum atomic E-state index is 5.35. The SMILES string of the molecule is CCNC(=NCC1CC1)NCCCN1CCOCC1. The fraction of sp³-hybridized carbons (Fsp3) is 0.929. The highest BCUT2D eigenvalue weighted by Gasteiger charge is 2.20. The fourth-order valence-electron chi connectivity index (χ4n) is 2.20. The summed E-state index contributed by atoms with van der Waals surface area (Å²) in [6.45, 7) is 10.1. The van der Waals surface area contributed by atoms with E-state index in [0.29, 0.717) is 0 Å². The van der Waals surface area contributed by atoms with E-state index in [0.717, 1.165) is 70.8 Å². The molecular weight excluding hydrogens is 240 g/mol. The highest BCUT2D eigenvalue weighted by atomic mass is 16.5. The van der Waals surface area contributed by atoms with Gasteiger partial charge in [-0.25, -0.2) is 0 Å². The van der Waals surface area contributed by atoms with E-state index in [1.807, 2.05) is 0 Å². The average molecular weight is 268 g/mol. The minimum absolute atomic E-state index is 0.851. The standard InChI is InChI=1S/C14H28N4O/c1-2-15-14(17-12-13-4-5-13)16-6-3-7-18-8-10-19-11-9-18/h13H,2-12H2,1H3,(H2,15,16,17). The van der Waals surface area contributed by atoms with Gasteiger partial charge in [0.2, 0.25) is 0 Å². The van der Waals surface area contributed by atoms with Crippen LogP contribution >= 0.6 is 0 Å². The van der Waals surface area contributed by atoms with Crippen molar-refractivity contribution in [1.29, 1.82) is 0 Å². The van der Waals surface area contributed by atoms with Gasteiger partial charge in [-0.1, -0.05) is 0 Å². The molecule has 1 heterocycles. The number of nitrogens with one attached hydrogen (secondary N) is 2. The molecule has 5 heteroatoms. The molecule has 0 spiro atoms. The third kappa shape index (κ3) is 6.25. The molecule has 2 N–H and O–H groups in total. The lowest BCUT2D eigenvalue weighted by atomic mass is 10.3. The van der Waals surface area contributed by atoms with E-state index in [1.54, 1.807) is 0 Å². The van der Waals surface area contributed by atoms with Crippen molar-refractivity contribution in [3.63, 3.8) is 0 Å². The lowest BCUT2D eigenvalue weighted by Gasteiger charge is -2.26. The Morgan fingerprint density at radius 2 is 2.05 bits per heavy atom. The summed E-state index contributed by atoms with van der Waals surface area (Å²) in [4.78, 5) is 7.09. The van der Waals surface area contributed by atoms with E-state index < -0.39 is 0 Å². The zero-order valence-corrected chi connectivity index (χ0v) is 12.2. The molecule has 1 aliphatic heterocycles. The third-order valence-electron chi connectivity index (χ3n) is 3.60. The van der Waals surface area contributed by atoms with Crippen LogP contribution in [0.4, 0.5) is 0 Å². The zero-order valence-electron chi connectivity index (χ0n) is 12.2. The molecule has 0 aromatic carbocycles. The molecule has 19 heavy (non-hydrogen) atoms. The van der Waals surface area contributed by atoms with Gasteiger partial charge in [0.1, 0.15) is 0 Å². The third-order valence-corrected chi connectivity index (χ3v) is 3.60. The molecule has 0 unspecified atom stereocenters. The van der Waals surface area contributed by atoms with Crippen LogP contribution in [-0.4, -0.2) is 63.3 Å². The molecule has 1 saturated carbocycles. The maximum Gasteiger partial charge on any atom is 0.191 e. The first-order valence-electron chi connectivity index (χ1n) is 7.70. The molecule has 0 aromatic rings. The van der Waals surface area contributed by atoms with E-state index in [9.17, 15) is 0 Å². The van der Waals surface area contributed by atoms with Gasteiger partial charge in [0.05, 0.1) is 13.2 Å². The molecule has 2 fully saturated rings. The lowest BCUT2D eigenvalue weighted by molar-refractivity contribution is 0.0376. The molecular formula is C14H28N4O. The first-order valence-corrected chi connectivity index (χ1v) is 7.70. The van der Waals surface area contributed by atoms with Gasteiger partial charge in [-0.3, -0.25) is 9.89 Å². The smallest absolute Gasteiger partial charge is 0.191 e. The zero-order chi connectivity index (χ0) is 13.3. The van der Waals surface area contributed by atoms with E-state index in [1.165, 1.54) is 12.8 Å².